The number of hydrogen-bond donors (Lipinski definition) is 0. The third kappa shape index (κ3) is 6.72. The predicted molar refractivity (Wildman–Crippen MR) is 128 cm³/mol. The molecule has 34 heavy (non-hydrogen) atoms. The van der Waals surface area contributed by atoms with E-state index in [4.69, 9.17) is 9.47 Å². The van der Waals surface area contributed by atoms with Crippen LogP contribution in [0.1, 0.15) is 39.0 Å². The van der Waals surface area contributed by atoms with Gasteiger partial charge < -0.3 is 30.9 Å². The number of rotatable bonds is 10. The number of halogens is 2. The topological polar surface area (TPSA) is 38.8 Å². The van der Waals surface area contributed by atoms with Gasteiger partial charge in [-0.3, -0.25) is 4.90 Å². The molecule has 0 spiro atoms. The Kier molecular flexibility index (Phi) is 9.77. The molecule has 0 aliphatic carbocycles. The minimum absolute atomic E-state index is 0. The Hall–Kier alpha value is -2.12. The number of benzene rings is 2. The van der Waals surface area contributed by atoms with E-state index < -0.39 is 0 Å². The number of ether oxygens (including phenoxy) is 2. The van der Waals surface area contributed by atoms with Crippen molar-refractivity contribution in [1.82, 2.24) is 0 Å². The number of fused-ring (bicyclic) bond motifs is 3. The number of amides is 1. The molecule has 1 atom stereocenters. The standard InChI is InChI=1S/C27H36FN2O3.BrH/c1-2-3-16-29(24-8-5-4-6-9-24)27(31)33-26-21-30(18-14-22(26)15-19-30)17-7-20-32-25-12-10-23(28)11-13-25;/h4-6,8-13,22,26H,2-3,7,14-21H2,1H3;1H/q+1;/p-1/t22?,26-,30?;/m0./s1. The first-order valence-electron chi connectivity index (χ1n) is 12.4. The van der Waals surface area contributed by atoms with Crippen LogP contribution in [0.5, 0.6) is 5.75 Å². The van der Waals surface area contributed by atoms with Crippen LogP contribution in [0.25, 0.3) is 0 Å². The molecule has 2 aromatic carbocycles. The molecule has 2 bridgehead atoms. The number of anilines is 1. The normalized spacial score (nSPS) is 23.1. The van der Waals surface area contributed by atoms with Crippen LogP contribution in [0.2, 0.25) is 0 Å². The van der Waals surface area contributed by atoms with Gasteiger partial charge in [0.05, 0.1) is 26.2 Å². The van der Waals surface area contributed by atoms with E-state index in [9.17, 15) is 9.18 Å². The van der Waals surface area contributed by atoms with Gasteiger partial charge in [0, 0.05) is 37.4 Å². The molecule has 7 heteroatoms. The maximum absolute atomic E-state index is 13.2. The molecule has 0 unspecified atom stereocenters. The van der Waals surface area contributed by atoms with Gasteiger partial charge in [0.2, 0.25) is 0 Å². The highest BCUT2D eigenvalue weighted by molar-refractivity contribution is 5.87. The van der Waals surface area contributed by atoms with Crippen molar-refractivity contribution in [3.8, 4) is 5.75 Å². The summed E-state index contributed by atoms with van der Waals surface area (Å²) in [6, 6.07) is 16.0. The summed E-state index contributed by atoms with van der Waals surface area (Å²) in [4.78, 5) is 15.0. The minimum atomic E-state index is -0.252. The van der Waals surface area contributed by atoms with Crippen LogP contribution in [0.4, 0.5) is 14.9 Å². The average molecular weight is 535 g/mol. The lowest BCUT2D eigenvalue weighted by atomic mass is 9.83. The number of unbranched alkanes of at least 4 members (excludes halogenated alkanes) is 1. The average Bonchev–Trinajstić information content (AvgIpc) is 2.85. The van der Waals surface area contributed by atoms with Crippen LogP contribution >= 0.6 is 0 Å². The van der Waals surface area contributed by atoms with Crippen molar-refractivity contribution in [2.45, 2.75) is 45.1 Å². The second-order valence-corrected chi connectivity index (χ2v) is 9.45. The summed E-state index contributed by atoms with van der Waals surface area (Å²) in [6.45, 7) is 7.62. The molecule has 3 saturated heterocycles. The highest BCUT2D eigenvalue weighted by Gasteiger charge is 2.47. The molecule has 2 aromatic rings. The Morgan fingerprint density at radius 2 is 1.76 bits per heavy atom. The van der Waals surface area contributed by atoms with E-state index in [1.807, 2.05) is 30.3 Å². The zero-order valence-corrected chi connectivity index (χ0v) is 21.6. The zero-order chi connectivity index (χ0) is 23.1. The Morgan fingerprint density at radius 1 is 1.06 bits per heavy atom. The van der Waals surface area contributed by atoms with Crippen LogP contribution in [-0.2, 0) is 4.74 Å². The molecule has 5 rings (SSSR count). The number of piperidine rings is 3. The molecular formula is C27H36BrFN2O3. The number of quaternary nitrogens is 1. The molecule has 3 heterocycles. The SMILES string of the molecule is CCCCN(C(=O)O[C@H]1C[N+]2(CCCOc3ccc(F)cc3)CCC1CC2)c1ccccc1.[Br-]. The van der Waals surface area contributed by atoms with Crippen molar-refractivity contribution in [2.75, 3.05) is 44.2 Å². The fourth-order valence-electron chi connectivity index (χ4n) is 5.23. The molecule has 0 saturated carbocycles. The summed E-state index contributed by atoms with van der Waals surface area (Å²) in [7, 11) is 0. The Bertz CT molecular complexity index is 889. The van der Waals surface area contributed by atoms with E-state index in [1.165, 1.54) is 12.1 Å². The molecule has 3 aliphatic rings. The van der Waals surface area contributed by atoms with Crippen molar-refractivity contribution < 1.29 is 40.1 Å². The van der Waals surface area contributed by atoms with Gasteiger partial charge >= 0.3 is 6.09 Å². The number of hydrogen-bond acceptors (Lipinski definition) is 3. The van der Waals surface area contributed by atoms with E-state index >= 15 is 0 Å². The molecule has 3 aliphatic heterocycles. The van der Waals surface area contributed by atoms with Crippen molar-refractivity contribution >= 4 is 11.8 Å². The monoisotopic (exact) mass is 534 g/mol. The largest absolute Gasteiger partial charge is 1.00 e. The Balaban J connectivity index is 0.00000324. The van der Waals surface area contributed by atoms with Crippen molar-refractivity contribution in [2.24, 2.45) is 5.92 Å². The van der Waals surface area contributed by atoms with Gasteiger partial charge in [-0.2, -0.15) is 0 Å². The van der Waals surface area contributed by atoms with Gasteiger partial charge in [0.1, 0.15) is 18.1 Å². The highest BCUT2D eigenvalue weighted by atomic mass is 79.9. The molecule has 1 amide bonds. The van der Waals surface area contributed by atoms with Gasteiger partial charge in [-0.25, -0.2) is 9.18 Å². The Morgan fingerprint density at radius 3 is 2.44 bits per heavy atom. The van der Waals surface area contributed by atoms with E-state index in [0.717, 1.165) is 68.5 Å². The molecular weight excluding hydrogens is 499 g/mol. The smallest absolute Gasteiger partial charge is 0.414 e. The molecule has 0 radical (unpaired) electrons. The molecule has 0 aromatic heterocycles. The zero-order valence-electron chi connectivity index (χ0n) is 20.0. The quantitative estimate of drug-likeness (QED) is 0.347. The number of carbonyl (C=O) groups is 1. The van der Waals surface area contributed by atoms with Crippen molar-refractivity contribution in [3.05, 3.63) is 60.4 Å². The first kappa shape index (κ1) is 26.5. The van der Waals surface area contributed by atoms with Gasteiger partial charge in [-0.1, -0.05) is 31.5 Å². The van der Waals surface area contributed by atoms with Gasteiger partial charge in [0.15, 0.2) is 6.10 Å². The Labute approximate surface area is 213 Å². The summed E-state index contributed by atoms with van der Waals surface area (Å²) in [5.74, 6) is 0.917. The highest BCUT2D eigenvalue weighted by Crippen LogP contribution is 2.36. The van der Waals surface area contributed by atoms with Crippen molar-refractivity contribution in [3.63, 3.8) is 0 Å². The van der Waals surface area contributed by atoms with Crippen molar-refractivity contribution in [1.29, 1.82) is 0 Å². The van der Waals surface area contributed by atoms with Crippen LogP contribution in [-0.4, -0.2) is 56.0 Å². The predicted octanol–water partition coefficient (Wildman–Crippen LogP) is 2.65. The summed E-state index contributed by atoms with van der Waals surface area (Å²) in [6.07, 6.45) is 4.88. The van der Waals surface area contributed by atoms with Gasteiger partial charge in [-0.05, 0) is 42.8 Å². The van der Waals surface area contributed by atoms with E-state index in [2.05, 4.69) is 6.92 Å². The summed E-state index contributed by atoms with van der Waals surface area (Å²) >= 11 is 0. The van der Waals surface area contributed by atoms with Crippen LogP contribution in [0.3, 0.4) is 0 Å². The van der Waals surface area contributed by atoms with Crippen LogP contribution < -0.4 is 26.6 Å². The molecule has 5 nitrogen and oxygen atoms in total. The molecule has 0 N–H and O–H groups in total. The lowest BCUT2D eigenvalue weighted by molar-refractivity contribution is -0.946. The summed E-state index contributed by atoms with van der Waals surface area (Å²) < 4.78 is 26.0. The first-order chi connectivity index (χ1) is 16.1. The number of carbonyl (C=O) groups excluding carboxylic acids is 1. The summed E-state index contributed by atoms with van der Waals surface area (Å²) in [5.41, 5.74) is 0.902. The first-order valence-corrected chi connectivity index (χ1v) is 12.4. The van der Waals surface area contributed by atoms with Crippen LogP contribution in [0, 0.1) is 11.7 Å². The van der Waals surface area contributed by atoms with E-state index in [1.54, 1.807) is 17.0 Å². The second kappa shape index (κ2) is 12.5. The fourth-order valence-corrected chi connectivity index (χ4v) is 5.23. The van der Waals surface area contributed by atoms with E-state index in [-0.39, 0.29) is 35.0 Å². The maximum Gasteiger partial charge on any atom is 0.414 e. The lowest BCUT2D eigenvalue weighted by Gasteiger charge is -2.52. The van der Waals surface area contributed by atoms with Crippen LogP contribution in [0.15, 0.2) is 54.6 Å². The van der Waals surface area contributed by atoms with Gasteiger partial charge in [-0.15, -0.1) is 0 Å². The number of nitrogens with zero attached hydrogens (tertiary/aromatic N) is 2. The molecule has 3 fully saturated rings. The van der Waals surface area contributed by atoms with Gasteiger partial charge in [0.25, 0.3) is 0 Å². The molecule has 186 valence electrons. The third-order valence-electron chi connectivity index (χ3n) is 7.18. The van der Waals surface area contributed by atoms with E-state index in [0.29, 0.717) is 24.8 Å². The lowest BCUT2D eigenvalue weighted by Crippen LogP contribution is -3.00. The third-order valence-corrected chi connectivity index (χ3v) is 7.18. The second-order valence-electron chi connectivity index (χ2n) is 9.45. The number of para-hydroxylation sites is 1. The minimum Gasteiger partial charge on any atom is -1.00 e. The summed E-state index contributed by atoms with van der Waals surface area (Å²) in [5, 5.41) is 0. The maximum atomic E-state index is 13.2. The fraction of sp³-hybridized carbons (Fsp3) is 0.519.